The van der Waals surface area contributed by atoms with Gasteiger partial charge in [-0.3, -0.25) is 0 Å². The molecular formula is C10H14N2. The molecule has 0 bridgehead atoms. The van der Waals surface area contributed by atoms with Crippen molar-refractivity contribution in [2.75, 3.05) is 0 Å². The van der Waals surface area contributed by atoms with Gasteiger partial charge in [0.05, 0.1) is 0 Å². The predicted molar refractivity (Wildman–Crippen MR) is 54.9 cm³/mol. The van der Waals surface area contributed by atoms with Crippen molar-refractivity contribution in [3.63, 3.8) is 0 Å². The van der Waals surface area contributed by atoms with Crippen LogP contribution in [0, 0.1) is 0 Å². The van der Waals surface area contributed by atoms with E-state index >= 15 is 0 Å². The highest BCUT2D eigenvalue weighted by molar-refractivity contribution is 5.60. The minimum absolute atomic E-state index is 0.637. The monoisotopic (exact) mass is 162 g/mol. The van der Waals surface area contributed by atoms with Gasteiger partial charge in [-0.25, -0.2) is 9.98 Å². The molecule has 0 aliphatic heterocycles. The second-order valence-corrected chi connectivity index (χ2v) is 1.78. The quantitative estimate of drug-likeness (QED) is 0.613. The van der Waals surface area contributed by atoms with Gasteiger partial charge in [0, 0.05) is 11.8 Å². The lowest BCUT2D eigenvalue weighted by atomic mass is 10.2. The van der Waals surface area contributed by atoms with E-state index in [1.54, 1.807) is 12.3 Å². The second kappa shape index (κ2) is 6.28. The molecule has 2 heteroatoms. The molecule has 0 amide bonds. The molecule has 0 aliphatic carbocycles. The molecule has 2 nitrogen and oxygen atoms in total. The standard InChI is InChI=1S/C8H8N2.C2H6/c1-3-7-5-4-6-10-8(7)9-2;1-2/h3-6H,1-2H2;1-2H3. The zero-order valence-electron chi connectivity index (χ0n) is 7.62. The van der Waals surface area contributed by atoms with Crippen LogP contribution in [0.2, 0.25) is 0 Å². The van der Waals surface area contributed by atoms with Gasteiger partial charge in [-0.2, -0.15) is 0 Å². The smallest absolute Gasteiger partial charge is 0.158 e. The van der Waals surface area contributed by atoms with Crippen LogP contribution in [0.3, 0.4) is 0 Å². The van der Waals surface area contributed by atoms with Crippen LogP contribution >= 0.6 is 0 Å². The Morgan fingerprint density at radius 2 is 2.17 bits per heavy atom. The van der Waals surface area contributed by atoms with Crippen LogP contribution in [0.4, 0.5) is 5.82 Å². The molecule has 0 saturated heterocycles. The Morgan fingerprint density at radius 3 is 2.58 bits per heavy atom. The summed E-state index contributed by atoms with van der Waals surface area (Å²) in [7, 11) is 0. The SMILES string of the molecule is C=Cc1cccnc1N=C.CC. The van der Waals surface area contributed by atoms with Gasteiger partial charge in [0.25, 0.3) is 0 Å². The highest BCUT2D eigenvalue weighted by atomic mass is 14.9. The van der Waals surface area contributed by atoms with E-state index in [0.717, 1.165) is 5.56 Å². The van der Waals surface area contributed by atoms with Crippen molar-refractivity contribution in [1.82, 2.24) is 4.98 Å². The Labute approximate surface area is 73.7 Å². The Morgan fingerprint density at radius 1 is 1.50 bits per heavy atom. The van der Waals surface area contributed by atoms with Gasteiger partial charge in [0.1, 0.15) is 0 Å². The Kier molecular flexibility index (Phi) is 5.53. The van der Waals surface area contributed by atoms with E-state index in [1.807, 2.05) is 26.0 Å². The number of pyridine rings is 1. The van der Waals surface area contributed by atoms with Crippen molar-refractivity contribution in [2.45, 2.75) is 13.8 Å². The summed E-state index contributed by atoms with van der Waals surface area (Å²) in [6.07, 6.45) is 3.38. The molecule has 64 valence electrons. The van der Waals surface area contributed by atoms with Gasteiger partial charge in [0.15, 0.2) is 5.82 Å². The molecule has 0 fully saturated rings. The van der Waals surface area contributed by atoms with E-state index in [9.17, 15) is 0 Å². The van der Waals surface area contributed by atoms with Crippen LogP contribution in [0.15, 0.2) is 29.9 Å². The first-order valence-corrected chi connectivity index (χ1v) is 3.92. The molecule has 0 aliphatic rings. The van der Waals surface area contributed by atoms with Gasteiger partial charge in [0.2, 0.25) is 0 Å². The zero-order chi connectivity index (χ0) is 9.40. The van der Waals surface area contributed by atoms with E-state index in [0.29, 0.717) is 5.82 Å². The molecular weight excluding hydrogens is 148 g/mol. The average Bonchev–Trinajstić information content (AvgIpc) is 2.20. The van der Waals surface area contributed by atoms with Gasteiger partial charge >= 0.3 is 0 Å². The highest BCUT2D eigenvalue weighted by Gasteiger charge is 1.92. The summed E-state index contributed by atoms with van der Waals surface area (Å²) in [6, 6.07) is 3.73. The molecule has 12 heavy (non-hydrogen) atoms. The largest absolute Gasteiger partial charge is 0.245 e. The lowest BCUT2D eigenvalue weighted by Crippen LogP contribution is -1.76. The number of aromatic nitrogens is 1. The van der Waals surface area contributed by atoms with E-state index in [1.165, 1.54) is 0 Å². The van der Waals surface area contributed by atoms with Gasteiger partial charge in [-0.05, 0) is 18.9 Å². The van der Waals surface area contributed by atoms with E-state index in [2.05, 4.69) is 23.3 Å². The Bertz CT molecular complexity index is 227. The van der Waals surface area contributed by atoms with Crippen LogP contribution in [-0.2, 0) is 0 Å². The third kappa shape index (κ3) is 2.66. The van der Waals surface area contributed by atoms with Crippen molar-refractivity contribution < 1.29 is 0 Å². The summed E-state index contributed by atoms with van der Waals surface area (Å²) in [6.45, 7) is 11.0. The molecule has 0 aromatic carbocycles. The number of rotatable bonds is 2. The van der Waals surface area contributed by atoms with Crippen molar-refractivity contribution >= 4 is 18.6 Å². The van der Waals surface area contributed by atoms with Crippen LogP contribution in [0.5, 0.6) is 0 Å². The van der Waals surface area contributed by atoms with E-state index in [-0.39, 0.29) is 0 Å². The van der Waals surface area contributed by atoms with Crippen LogP contribution < -0.4 is 0 Å². The fourth-order valence-electron chi connectivity index (χ4n) is 0.701. The minimum atomic E-state index is 0.637. The molecule has 1 aromatic rings. The van der Waals surface area contributed by atoms with E-state index in [4.69, 9.17) is 0 Å². The van der Waals surface area contributed by atoms with Crippen molar-refractivity contribution in [3.8, 4) is 0 Å². The average molecular weight is 162 g/mol. The van der Waals surface area contributed by atoms with Crippen molar-refractivity contribution in [2.24, 2.45) is 4.99 Å². The van der Waals surface area contributed by atoms with Crippen molar-refractivity contribution in [1.29, 1.82) is 0 Å². The van der Waals surface area contributed by atoms with Crippen molar-refractivity contribution in [3.05, 3.63) is 30.5 Å². The number of hydrogen-bond acceptors (Lipinski definition) is 2. The molecule has 0 atom stereocenters. The molecule has 1 heterocycles. The van der Waals surface area contributed by atoms with Crippen LogP contribution in [0.25, 0.3) is 6.08 Å². The topological polar surface area (TPSA) is 25.2 Å². The van der Waals surface area contributed by atoms with Gasteiger partial charge < -0.3 is 0 Å². The molecule has 1 aromatic heterocycles. The van der Waals surface area contributed by atoms with Gasteiger partial charge in [-0.1, -0.05) is 26.5 Å². The molecule has 0 saturated carbocycles. The maximum atomic E-state index is 3.97. The normalized spacial score (nSPS) is 7.83. The number of hydrogen-bond donors (Lipinski definition) is 0. The summed E-state index contributed by atoms with van der Waals surface area (Å²) in [5.74, 6) is 0.637. The maximum absolute atomic E-state index is 3.97. The number of aliphatic imine (C=N–C) groups is 1. The van der Waals surface area contributed by atoms with Crippen LogP contribution in [0.1, 0.15) is 19.4 Å². The summed E-state index contributed by atoms with van der Waals surface area (Å²) in [4.78, 5) is 7.68. The third-order valence-corrected chi connectivity index (χ3v) is 1.19. The summed E-state index contributed by atoms with van der Waals surface area (Å²) in [5, 5.41) is 0. The maximum Gasteiger partial charge on any atom is 0.158 e. The Balaban J connectivity index is 0.000000561. The molecule has 0 N–H and O–H groups in total. The highest BCUT2D eigenvalue weighted by Crippen LogP contribution is 2.14. The summed E-state index contributed by atoms with van der Waals surface area (Å²) in [5.41, 5.74) is 0.914. The molecule has 1 rings (SSSR count). The van der Waals surface area contributed by atoms with Crippen LogP contribution in [-0.4, -0.2) is 11.7 Å². The minimum Gasteiger partial charge on any atom is -0.245 e. The lowest BCUT2D eigenvalue weighted by Gasteiger charge is -1.94. The fraction of sp³-hybridized carbons (Fsp3) is 0.200. The number of nitrogens with zero attached hydrogens (tertiary/aromatic N) is 2. The first-order valence-electron chi connectivity index (χ1n) is 3.92. The lowest BCUT2D eigenvalue weighted by molar-refractivity contribution is 1.27. The second-order valence-electron chi connectivity index (χ2n) is 1.78. The predicted octanol–water partition coefficient (Wildman–Crippen LogP) is 3.08. The zero-order valence-corrected chi connectivity index (χ0v) is 7.62. The summed E-state index contributed by atoms with van der Waals surface area (Å²) < 4.78 is 0. The Hall–Kier alpha value is -1.44. The fourth-order valence-corrected chi connectivity index (χ4v) is 0.701. The first kappa shape index (κ1) is 10.6. The summed E-state index contributed by atoms with van der Waals surface area (Å²) >= 11 is 0. The third-order valence-electron chi connectivity index (χ3n) is 1.19. The molecule has 0 spiro atoms. The van der Waals surface area contributed by atoms with E-state index < -0.39 is 0 Å². The van der Waals surface area contributed by atoms with Gasteiger partial charge in [-0.15, -0.1) is 0 Å². The molecule has 0 radical (unpaired) electrons. The first-order chi connectivity index (χ1) is 5.88. The molecule has 0 unspecified atom stereocenters.